The van der Waals surface area contributed by atoms with Crippen LogP contribution in [0.15, 0.2) is 59.4 Å². The molecule has 0 amide bonds. The van der Waals surface area contributed by atoms with E-state index in [1.807, 2.05) is 60.1 Å². The van der Waals surface area contributed by atoms with Gasteiger partial charge in [-0.15, -0.1) is 5.10 Å². The van der Waals surface area contributed by atoms with Crippen LogP contribution in [0.25, 0.3) is 27.9 Å². The Hall–Kier alpha value is -3.94. The largest absolute Gasteiger partial charge is 0.497 e. The maximum atomic E-state index is 12.8. The van der Waals surface area contributed by atoms with Gasteiger partial charge < -0.3 is 4.74 Å². The Labute approximate surface area is 178 Å². The lowest BCUT2D eigenvalue weighted by Crippen LogP contribution is -2.18. The molecule has 0 saturated carbocycles. The van der Waals surface area contributed by atoms with Gasteiger partial charge >= 0.3 is 0 Å². The molecule has 0 radical (unpaired) electrons. The molecule has 8 nitrogen and oxygen atoms in total. The second-order valence-corrected chi connectivity index (χ2v) is 7.66. The second-order valence-electron chi connectivity index (χ2n) is 7.66. The lowest BCUT2D eigenvalue weighted by Gasteiger charge is -2.12. The van der Waals surface area contributed by atoms with E-state index in [0.29, 0.717) is 12.1 Å². The van der Waals surface area contributed by atoms with E-state index < -0.39 is 0 Å². The van der Waals surface area contributed by atoms with Gasteiger partial charge in [0.15, 0.2) is 5.65 Å². The molecule has 0 bridgehead atoms. The molecule has 3 aromatic heterocycles. The van der Waals surface area contributed by atoms with E-state index in [9.17, 15) is 4.79 Å². The Morgan fingerprint density at radius 3 is 2.68 bits per heavy atom. The predicted octanol–water partition coefficient (Wildman–Crippen LogP) is 3.56. The van der Waals surface area contributed by atoms with E-state index in [2.05, 4.69) is 22.3 Å². The number of hydrogen-bond acceptors (Lipinski definition) is 5. The van der Waals surface area contributed by atoms with E-state index in [0.717, 1.165) is 39.3 Å². The second kappa shape index (κ2) is 7.39. The van der Waals surface area contributed by atoms with Crippen molar-refractivity contribution < 1.29 is 4.74 Å². The number of nitrogens with zero attached hydrogens (tertiary/aromatic N) is 5. The fourth-order valence-corrected chi connectivity index (χ4v) is 3.94. The summed E-state index contributed by atoms with van der Waals surface area (Å²) in [4.78, 5) is 17.6. The van der Waals surface area contributed by atoms with Crippen LogP contribution in [0.3, 0.4) is 0 Å². The van der Waals surface area contributed by atoms with Gasteiger partial charge in [-0.05, 0) is 50.2 Å². The van der Waals surface area contributed by atoms with Gasteiger partial charge in [-0.25, -0.2) is 14.2 Å². The van der Waals surface area contributed by atoms with E-state index >= 15 is 0 Å². The molecule has 1 N–H and O–H groups in total. The molecule has 0 spiro atoms. The Bertz CT molecular complexity index is 1450. The molecule has 0 unspecified atom stereocenters. The van der Waals surface area contributed by atoms with Gasteiger partial charge in [0, 0.05) is 23.6 Å². The topological polar surface area (TPSA) is 90.1 Å². The Morgan fingerprint density at radius 1 is 1.13 bits per heavy atom. The molecule has 0 aliphatic heterocycles. The first kappa shape index (κ1) is 19.0. The number of rotatable bonds is 5. The maximum absolute atomic E-state index is 12.8. The van der Waals surface area contributed by atoms with Crippen LogP contribution in [0.1, 0.15) is 24.2 Å². The highest BCUT2D eigenvalue weighted by Crippen LogP contribution is 2.26. The zero-order valence-electron chi connectivity index (χ0n) is 17.5. The van der Waals surface area contributed by atoms with Gasteiger partial charge in [0.2, 0.25) is 0 Å². The van der Waals surface area contributed by atoms with Crippen LogP contribution in [-0.2, 0) is 6.42 Å². The average Bonchev–Trinajstić information content (AvgIpc) is 3.36. The maximum Gasteiger partial charge on any atom is 0.272 e. The fraction of sp³-hybridized carbons (Fsp3) is 0.217. The fourth-order valence-electron chi connectivity index (χ4n) is 3.94. The molecule has 1 atom stereocenters. The molecular formula is C23H22N6O2. The van der Waals surface area contributed by atoms with Crippen LogP contribution in [0.4, 0.5) is 0 Å². The number of H-pyrrole nitrogens is 1. The highest BCUT2D eigenvalue weighted by Gasteiger charge is 2.17. The van der Waals surface area contributed by atoms with Crippen LogP contribution < -0.4 is 10.3 Å². The zero-order valence-corrected chi connectivity index (χ0v) is 17.5. The normalized spacial score (nSPS) is 12.5. The van der Waals surface area contributed by atoms with E-state index in [1.54, 1.807) is 13.2 Å². The molecule has 3 heterocycles. The summed E-state index contributed by atoms with van der Waals surface area (Å²) in [5.41, 5.74) is 5.77. The number of methoxy groups -OCH3 is 1. The quantitative estimate of drug-likeness (QED) is 0.475. The van der Waals surface area contributed by atoms with Crippen molar-refractivity contribution in [2.24, 2.45) is 0 Å². The minimum absolute atomic E-state index is 0.00190. The predicted molar refractivity (Wildman–Crippen MR) is 118 cm³/mol. The zero-order chi connectivity index (χ0) is 21.5. The van der Waals surface area contributed by atoms with Gasteiger partial charge in [0.25, 0.3) is 5.56 Å². The van der Waals surface area contributed by atoms with E-state index in [1.165, 1.54) is 4.52 Å². The minimum atomic E-state index is -0.140. The monoisotopic (exact) mass is 414 g/mol. The number of aryl methyl sites for hydroxylation is 1. The van der Waals surface area contributed by atoms with E-state index in [4.69, 9.17) is 9.72 Å². The molecule has 31 heavy (non-hydrogen) atoms. The molecule has 5 rings (SSSR count). The van der Waals surface area contributed by atoms with Crippen LogP contribution in [0, 0.1) is 6.92 Å². The molecule has 8 heteroatoms. The first-order chi connectivity index (χ1) is 15.0. The number of aromatic nitrogens is 6. The van der Waals surface area contributed by atoms with Crippen molar-refractivity contribution in [3.8, 4) is 17.0 Å². The number of fused-ring (bicyclic) bond motifs is 2. The van der Waals surface area contributed by atoms with Crippen LogP contribution in [0.2, 0.25) is 0 Å². The highest BCUT2D eigenvalue weighted by molar-refractivity contribution is 5.74. The molecule has 0 aliphatic carbocycles. The van der Waals surface area contributed by atoms with Gasteiger partial charge in [-0.3, -0.25) is 9.89 Å². The summed E-state index contributed by atoms with van der Waals surface area (Å²) in [5, 5.41) is 11.7. The Kier molecular flexibility index (Phi) is 4.54. The molecular weight excluding hydrogens is 392 g/mol. The summed E-state index contributed by atoms with van der Waals surface area (Å²) in [6, 6.07) is 17.1. The third kappa shape index (κ3) is 3.26. The Morgan fingerprint density at radius 2 is 1.90 bits per heavy atom. The van der Waals surface area contributed by atoms with Gasteiger partial charge in [0.1, 0.15) is 11.3 Å². The van der Waals surface area contributed by atoms with Crippen molar-refractivity contribution in [1.29, 1.82) is 0 Å². The summed E-state index contributed by atoms with van der Waals surface area (Å²) in [6.45, 7) is 4.02. The minimum Gasteiger partial charge on any atom is -0.497 e. The third-order valence-electron chi connectivity index (χ3n) is 5.58. The summed E-state index contributed by atoms with van der Waals surface area (Å²) in [7, 11) is 1.64. The number of aromatic amines is 1. The number of benzene rings is 2. The summed E-state index contributed by atoms with van der Waals surface area (Å²) in [5.74, 6) is 0.782. The molecule has 0 aliphatic rings. The number of hydrogen-bond donors (Lipinski definition) is 1. The first-order valence-electron chi connectivity index (χ1n) is 10.1. The van der Waals surface area contributed by atoms with Crippen LogP contribution in [-0.4, -0.2) is 36.7 Å². The third-order valence-corrected chi connectivity index (χ3v) is 5.58. The smallest absolute Gasteiger partial charge is 0.272 e. The van der Waals surface area contributed by atoms with E-state index in [-0.39, 0.29) is 11.6 Å². The van der Waals surface area contributed by atoms with Gasteiger partial charge in [-0.2, -0.15) is 0 Å². The number of para-hydroxylation sites is 1. The molecule has 2 aromatic carbocycles. The van der Waals surface area contributed by atoms with Crippen LogP contribution in [0.5, 0.6) is 5.75 Å². The number of ether oxygens (including phenoxy) is 1. The lowest BCUT2D eigenvalue weighted by molar-refractivity contribution is 0.415. The van der Waals surface area contributed by atoms with Crippen LogP contribution >= 0.6 is 0 Å². The highest BCUT2D eigenvalue weighted by atomic mass is 16.5. The van der Waals surface area contributed by atoms with Gasteiger partial charge in [-0.1, -0.05) is 17.3 Å². The van der Waals surface area contributed by atoms with Crippen molar-refractivity contribution in [1.82, 2.24) is 29.6 Å². The van der Waals surface area contributed by atoms with Crippen molar-refractivity contribution in [3.05, 3.63) is 76.2 Å². The lowest BCUT2D eigenvalue weighted by atomic mass is 10.1. The van der Waals surface area contributed by atoms with Crippen molar-refractivity contribution in [3.63, 3.8) is 0 Å². The average molecular weight is 414 g/mol. The number of nitrogens with one attached hydrogen (secondary N) is 1. The first-order valence-corrected chi connectivity index (χ1v) is 10.1. The molecule has 156 valence electrons. The van der Waals surface area contributed by atoms with Crippen molar-refractivity contribution in [2.75, 3.05) is 7.11 Å². The van der Waals surface area contributed by atoms with Crippen molar-refractivity contribution >= 4 is 16.7 Å². The Balaban J connectivity index is 1.51. The standard InChI is InChI=1S/C23H22N6O2/c1-14(28-20-7-5-4-6-19(20)25-27-28)12-17-13-21(30)29-23(24-17)15(2)22(26-29)16-8-10-18(31-3)11-9-16/h4-11,13-14,26H,12H2,1-3H3/t14-/m1/s1. The molecule has 0 fully saturated rings. The summed E-state index contributed by atoms with van der Waals surface area (Å²) < 4.78 is 8.61. The summed E-state index contributed by atoms with van der Waals surface area (Å²) >= 11 is 0. The van der Waals surface area contributed by atoms with Crippen molar-refractivity contribution in [2.45, 2.75) is 26.3 Å². The summed E-state index contributed by atoms with van der Waals surface area (Å²) in [6.07, 6.45) is 0.571. The molecule has 5 aromatic rings. The SMILES string of the molecule is COc1ccc(-c2[nH]n3c(=O)cc(C[C@@H](C)n4nnc5ccccc54)nc3c2C)cc1. The molecule has 0 saturated heterocycles. The van der Waals surface area contributed by atoms with Gasteiger partial charge in [0.05, 0.1) is 30.1 Å².